The maximum Gasteiger partial charge on any atom is 0.352 e. The smallest absolute Gasteiger partial charge is 0.307 e. The quantitative estimate of drug-likeness (QED) is 0.525. The zero-order valence-corrected chi connectivity index (χ0v) is 13.7. The van der Waals surface area contributed by atoms with Crippen molar-refractivity contribution >= 4 is 42.4 Å². The van der Waals surface area contributed by atoms with Gasteiger partial charge in [0.15, 0.2) is 5.12 Å². The molecule has 0 radical (unpaired) electrons. The molecule has 0 aromatic heterocycles. The van der Waals surface area contributed by atoms with E-state index in [2.05, 4.69) is 0 Å². The van der Waals surface area contributed by atoms with E-state index in [1.165, 1.54) is 0 Å². The van der Waals surface area contributed by atoms with Crippen LogP contribution in [0.4, 0.5) is 0 Å². The first kappa shape index (κ1) is 15.6. The van der Waals surface area contributed by atoms with E-state index in [0.717, 1.165) is 0 Å². The summed E-state index contributed by atoms with van der Waals surface area (Å²) in [5.41, 5.74) is 0.324. The molecule has 0 bridgehead atoms. The molecule has 1 aromatic rings. The van der Waals surface area contributed by atoms with E-state index < -0.39 is 12.7 Å². The summed E-state index contributed by atoms with van der Waals surface area (Å²) in [6.45, 7) is 4.60. The summed E-state index contributed by atoms with van der Waals surface area (Å²) in [6, 6.07) is 4.82. The minimum absolute atomic E-state index is 0.172. The molecule has 2 rings (SSSR count). The van der Waals surface area contributed by atoms with E-state index in [1.54, 1.807) is 18.2 Å². The van der Waals surface area contributed by atoms with Gasteiger partial charge < -0.3 is 9.05 Å². The van der Waals surface area contributed by atoms with Crippen molar-refractivity contribution in [3.05, 3.63) is 33.8 Å². The van der Waals surface area contributed by atoms with Crippen LogP contribution in [-0.4, -0.2) is 13.2 Å². The molecule has 0 amide bonds. The normalized spacial score (nSPS) is 23.0. The van der Waals surface area contributed by atoms with Gasteiger partial charge >= 0.3 is 7.60 Å². The zero-order chi connectivity index (χ0) is 14.3. The molecule has 1 fully saturated rings. The van der Waals surface area contributed by atoms with Gasteiger partial charge in [0.2, 0.25) is 0 Å². The van der Waals surface area contributed by atoms with Crippen molar-refractivity contribution in [1.82, 2.24) is 0 Å². The van der Waals surface area contributed by atoms with Gasteiger partial charge in [-0.1, -0.05) is 43.1 Å². The first-order valence-electron chi connectivity index (χ1n) is 5.71. The molecule has 0 aliphatic carbocycles. The summed E-state index contributed by atoms with van der Waals surface area (Å²) < 4.78 is 23.4. The number of hydrogen-bond acceptors (Lipinski definition) is 3. The van der Waals surface area contributed by atoms with Crippen LogP contribution in [0.2, 0.25) is 10.0 Å². The Kier molecular flexibility index (Phi) is 4.57. The molecule has 1 aliphatic rings. The molecule has 0 N–H and O–H groups in total. The first-order valence-corrected chi connectivity index (χ1v) is 8.52. The molecular formula is C12H14Cl3O3P. The number of rotatable bonds is 2. The molecule has 1 aromatic carbocycles. The third-order valence-corrected chi connectivity index (χ3v) is 6.09. The summed E-state index contributed by atoms with van der Waals surface area (Å²) >= 11 is 18.1. The molecule has 1 heterocycles. The van der Waals surface area contributed by atoms with Crippen molar-refractivity contribution in [2.45, 2.75) is 19.0 Å². The van der Waals surface area contributed by atoms with E-state index >= 15 is 0 Å². The second kappa shape index (κ2) is 5.55. The summed E-state index contributed by atoms with van der Waals surface area (Å²) in [4.78, 5) is 0. The zero-order valence-electron chi connectivity index (χ0n) is 10.5. The van der Waals surface area contributed by atoms with E-state index in [0.29, 0.717) is 28.8 Å². The highest BCUT2D eigenvalue weighted by Crippen LogP contribution is 2.66. The lowest BCUT2D eigenvalue weighted by atomic mass is 9.97. The molecule has 0 saturated carbocycles. The Bertz CT molecular complexity index is 519. The Morgan fingerprint density at radius 1 is 1.26 bits per heavy atom. The Balaban J connectivity index is 2.24. The third-order valence-electron chi connectivity index (χ3n) is 2.77. The summed E-state index contributed by atoms with van der Waals surface area (Å²) in [5, 5.41) is -0.101. The van der Waals surface area contributed by atoms with Gasteiger partial charge in [0, 0.05) is 21.0 Å². The SMILES string of the molecule is CC1(C)COP(=O)(C(Cl)c2ccc(Cl)cc2Cl)OC1. The lowest BCUT2D eigenvalue weighted by Gasteiger charge is -2.35. The van der Waals surface area contributed by atoms with Crippen LogP contribution in [0.3, 0.4) is 0 Å². The minimum Gasteiger partial charge on any atom is -0.307 e. The van der Waals surface area contributed by atoms with E-state index in [9.17, 15) is 4.57 Å². The molecular weight excluding hydrogens is 329 g/mol. The molecule has 1 saturated heterocycles. The molecule has 106 valence electrons. The fourth-order valence-corrected chi connectivity index (χ4v) is 4.74. The van der Waals surface area contributed by atoms with Gasteiger partial charge in [-0.3, -0.25) is 4.57 Å². The summed E-state index contributed by atoms with van der Waals surface area (Å²) in [5.74, 6) is 0. The van der Waals surface area contributed by atoms with Gasteiger partial charge in [-0.15, -0.1) is 11.6 Å². The predicted molar refractivity (Wildman–Crippen MR) is 78.3 cm³/mol. The first-order chi connectivity index (χ1) is 8.73. The van der Waals surface area contributed by atoms with E-state index in [4.69, 9.17) is 43.9 Å². The Morgan fingerprint density at radius 3 is 2.37 bits per heavy atom. The van der Waals surface area contributed by atoms with Crippen LogP contribution in [0.25, 0.3) is 0 Å². The van der Waals surface area contributed by atoms with Crippen LogP contribution in [0.1, 0.15) is 24.5 Å². The van der Waals surface area contributed by atoms with Crippen molar-refractivity contribution in [2.24, 2.45) is 5.41 Å². The van der Waals surface area contributed by atoms with Crippen molar-refractivity contribution in [2.75, 3.05) is 13.2 Å². The van der Waals surface area contributed by atoms with Crippen LogP contribution in [0, 0.1) is 5.41 Å². The fourth-order valence-electron chi connectivity index (χ4n) is 1.60. The second-order valence-corrected chi connectivity index (χ2v) is 8.95. The largest absolute Gasteiger partial charge is 0.352 e. The highest BCUT2D eigenvalue weighted by molar-refractivity contribution is 7.56. The van der Waals surface area contributed by atoms with Crippen LogP contribution in [-0.2, 0) is 13.6 Å². The van der Waals surface area contributed by atoms with Crippen LogP contribution in [0.5, 0.6) is 0 Å². The fraction of sp³-hybridized carbons (Fsp3) is 0.500. The Morgan fingerprint density at radius 2 is 1.84 bits per heavy atom. The summed E-state index contributed by atoms with van der Waals surface area (Å²) in [6.07, 6.45) is 0. The molecule has 0 spiro atoms. The number of halogens is 3. The highest BCUT2D eigenvalue weighted by atomic mass is 35.5. The average Bonchev–Trinajstić information content (AvgIpc) is 2.33. The number of benzene rings is 1. The molecule has 1 atom stereocenters. The van der Waals surface area contributed by atoms with Crippen LogP contribution < -0.4 is 0 Å². The predicted octanol–water partition coefficient (Wildman–Crippen LogP) is 5.50. The van der Waals surface area contributed by atoms with Gasteiger partial charge in [-0.25, -0.2) is 0 Å². The van der Waals surface area contributed by atoms with Crippen molar-refractivity contribution in [3.8, 4) is 0 Å². The Labute approximate surface area is 127 Å². The topological polar surface area (TPSA) is 35.5 Å². The number of hydrogen-bond donors (Lipinski definition) is 0. The maximum absolute atomic E-state index is 12.6. The lowest BCUT2D eigenvalue weighted by Crippen LogP contribution is -2.30. The molecule has 3 nitrogen and oxygen atoms in total. The second-order valence-electron chi connectivity index (χ2n) is 5.25. The third kappa shape index (κ3) is 3.47. The highest BCUT2D eigenvalue weighted by Gasteiger charge is 2.43. The van der Waals surface area contributed by atoms with Gasteiger partial charge in [0.25, 0.3) is 0 Å². The minimum atomic E-state index is -3.41. The lowest BCUT2D eigenvalue weighted by molar-refractivity contribution is 0.0403. The van der Waals surface area contributed by atoms with Gasteiger partial charge in [-0.05, 0) is 12.1 Å². The molecule has 19 heavy (non-hydrogen) atoms. The monoisotopic (exact) mass is 342 g/mol. The van der Waals surface area contributed by atoms with Crippen molar-refractivity contribution in [1.29, 1.82) is 0 Å². The van der Waals surface area contributed by atoms with Crippen molar-refractivity contribution in [3.63, 3.8) is 0 Å². The standard InChI is InChI=1S/C12H14Cl3O3P/c1-12(2)6-17-19(16,18-7-12)11(15)9-4-3-8(13)5-10(9)14/h3-5,11H,6-7H2,1-2H3. The van der Waals surface area contributed by atoms with Crippen molar-refractivity contribution < 1.29 is 13.6 Å². The summed E-state index contributed by atoms with van der Waals surface area (Å²) in [7, 11) is -3.41. The molecule has 1 unspecified atom stereocenters. The van der Waals surface area contributed by atoms with Gasteiger partial charge in [0.1, 0.15) is 0 Å². The number of alkyl halides is 1. The maximum atomic E-state index is 12.6. The average molecular weight is 344 g/mol. The molecule has 7 heteroatoms. The molecule has 1 aliphatic heterocycles. The van der Waals surface area contributed by atoms with Crippen LogP contribution in [0.15, 0.2) is 18.2 Å². The van der Waals surface area contributed by atoms with Crippen LogP contribution >= 0.6 is 42.4 Å². The van der Waals surface area contributed by atoms with E-state index in [-0.39, 0.29) is 5.41 Å². The Hall–Kier alpha value is 0.240. The van der Waals surface area contributed by atoms with E-state index in [1.807, 2.05) is 13.8 Å². The van der Waals surface area contributed by atoms with Gasteiger partial charge in [-0.2, -0.15) is 0 Å². The van der Waals surface area contributed by atoms with Gasteiger partial charge in [0.05, 0.1) is 13.2 Å².